The normalized spacial score (nSPS) is 12.0. The second kappa shape index (κ2) is 17.0. The van der Waals surface area contributed by atoms with Crippen LogP contribution in [0.4, 0.5) is 0 Å². The van der Waals surface area contributed by atoms with Crippen LogP contribution in [0.5, 0.6) is 5.75 Å². The van der Waals surface area contributed by atoms with Crippen LogP contribution in [0, 0.1) is 13.8 Å². The van der Waals surface area contributed by atoms with E-state index in [-0.39, 0.29) is 72.7 Å². The number of hydrogen-bond acceptors (Lipinski definition) is 1. The summed E-state index contributed by atoms with van der Waals surface area (Å²) in [5.74, 6) is 0.997. The molecule has 1 nitrogen and oxygen atoms in total. The van der Waals surface area contributed by atoms with E-state index in [1.807, 2.05) is 0 Å². The second-order valence-corrected chi connectivity index (χ2v) is 18.6. The molecule has 0 aliphatic rings. The molecule has 0 bridgehead atoms. The van der Waals surface area contributed by atoms with Gasteiger partial charge >= 0.3 is 26.2 Å². The molecule has 6 aromatic carbocycles. The van der Waals surface area contributed by atoms with Gasteiger partial charge in [-0.1, -0.05) is 163 Å². The summed E-state index contributed by atoms with van der Waals surface area (Å²) in [7, 11) is 1.78. The largest absolute Gasteiger partial charge is 4.00 e. The first kappa shape index (κ1) is 46.5. The molecule has 0 amide bonds. The summed E-state index contributed by atoms with van der Waals surface area (Å²) in [6.45, 7) is 31.9. The Morgan fingerprint density at radius 3 is 1.40 bits per heavy atom. The summed E-state index contributed by atoms with van der Waals surface area (Å²) in [4.78, 5) is 0. The summed E-state index contributed by atoms with van der Waals surface area (Å²) in [5, 5.41) is 5.30. The molecule has 0 radical (unpaired) electrons. The number of methoxy groups -OCH3 is 1. The molecule has 0 atom stereocenters. The number of hydrogen-bond donors (Lipinski definition) is 0. The first-order chi connectivity index (χ1) is 23.1. The van der Waals surface area contributed by atoms with Gasteiger partial charge in [0.15, 0.2) is 0 Å². The minimum Gasteiger partial charge on any atom is -1.00 e. The summed E-state index contributed by atoms with van der Waals surface area (Å²) < 4.78 is 5.87. The van der Waals surface area contributed by atoms with Gasteiger partial charge in [-0.3, -0.25) is 0 Å². The summed E-state index contributed by atoms with van der Waals surface area (Å²) in [6, 6.07) is 34.1. The van der Waals surface area contributed by atoms with Crippen LogP contribution in [0.25, 0.3) is 43.8 Å². The van der Waals surface area contributed by atoms with Crippen LogP contribution in [0.3, 0.4) is 0 Å². The minimum atomic E-state index is 0. The van der Waals surface area contributed by atoms with Crippen LogP contribution in [-0.2, 0) is 47.9 Å². The molecule has 0 saturated carbocycles. The standard InChI is InChI=1S/C28H37.C21H23O.2ClH.Zr/c1-18-11-19-13-23(28(8,9)10)17-25(24(19)12-18)20-14-21(26(2,3)4)16-22(15-20)27(5,6)7;1-14-11-16-13-18(21(2,3)4)20(22-5)19(17(16)12-14)15-9-7-6-8-10-15;;;/h11-17H,1-10H3;6-13H,1-5H3;2*1H;/q2*-1;;;+4/p-2. The van der Waals surface area contributed by atoms with Crippen LogP contribution in [0.2, 0.25) is 0 Å². The smallest absolute Gasteiger partial charge is 1.00 e. The van der Waals surface area contributed by atoms with Gasteiger partial charge in [0.1, 0.15) is 5.75 Å². The van der Waals surface area contributed by atoms with Gasteiger partial charge < -0.3 is 29.6 Å². The van der Waals surface area contributed by atoms with Crippen LogP contribution >= 0.6 is 0 Å². The number of ether oxygens (including phenoxy) is 1. The van der Waals surface area contributed by atoms with E-state index in [9.17, 15) is 0 Å². The van der Waals surface area contributed by atoms with Gasteiger partial charge in [-0.15, -0.1) is 56.9 Å². The molecule has 0 saturated heterocycles. The van der Waals surface area contributed by atoms with Gasteiger partial charge in [0.05, 0.1) is 7.11 Å². The number of halogens is 2. The Morgan fingerprint density at radius 2 is 0.943 bits per heavy atom. The Balaban J connectivity index is 0.000000355. The summed E-state index contributed by atoms with van der Waals surface area (Å²) in [6.07, 6.45) is 0. The second-order valence-electron chi connectivity index (χ2n) is 18.6. The number of benzene rings is 4. The van der Waals surface area contributed by atoms with Crippen LogP contribution in [0.15, 0.2) is 91.0 Å². The van der Waals surface area contributed by atoms with Crippen LogP contribution in [0.1, 0.15) is 116 Å². The van der Waals surface area contributed by atoms with Gasteiger partial charge in [0.25, 0.3) is 0 Å². The third kappa shape index (κ3) is 10.4. The predicted octanol–water partition coefficient (Wildman–Crippen LogP) is 8.27. The quantitative estimate of drug-likeness (QED) is 0.164. The molecule has 0 N–H and O–H groups in total. The molecule has 0 aliphatic carbocycles. The number of aryl methyl sites for hydroxylation is 2. The van der Waals surface area contributed by atoms with E-state index in [4.69, 9.17) is 4.74 Å². The van der Waals surface area contributed by atoms with Gasteiger partial charge in [-0.05, 0) is 55.0 Å². The average Bonchev–Trinajstić information content (AvgIpc) is 3.58. The third-order valence-corrected chi connectivity index (χ3v) is 9.99. The molecule has 0 unspecified atom stereocenters. The number of rotatable bonds is 3. The maximum Gasteiger partial charge on any atom is 4.00 e. The fourth-order valence-electron chi connectivity index (χ4n) is 6.94. The Bertz CT molecular complexity index is 2100. The van der Waals surface area contributed by atoms with Crippen molar-refractivity contribution in [2.75, 3.05) is 7.11 Å². The van der Waals surface area contributed by atoms with Crippen molar-refractivity contribution in [3.05, 3.63) is 124 Å². The van der Waals surface area contributed by atoms with E-state index >= 15 is 0 Å². The van der Waals surface area contributed by atoms with Crippen molar-refractivity contribution < 1.29 is 55.8 Å². The number of fused-ring (bicyclic) bond motifs is 2. The maximum absolute atomic E-state index is 5.87. The summed E-state index contributed by atoms with van der Waals surface area (Å²) >= 11 is 0. The van der Waals surface area contributed by atoms with Crippen LogP contribution < -0.4 is 29.6 Å². The van der Waals surface area contributed by atoms with E-state index in [0.717, 1.165) is 5.75 Å². The predicted molar refractivity (Wildman–Crippen MR) is 221 cm³/mol. The Morgan fingerprint density at radius 1 is 0.491 bits per heavy atom. The molecule has 4 heteroatoms. The van der Waals surface area contributed by atoms with Gasteiger partial charge in [0.2, 0.25) is 0 Å². The van der Waals surface area contributed by atoms with E-state index in [0.29, 0.717) is 0 Å². The van der Waals surface area contributed by atoms with E-state index in [1.54, 1.807) is 7.11 Å². The monoisotopic (exact) mass is 824 g/mol. The van der Waals surface area contributed by atoms with Crippen molar-refractivity contribution in [3.8, 4) is 28.0 Å². The van der Waals surface area contributed by atoms with Crippen molar-refractivity contribution in [2.24, 2.45) is 0 Å². The Labute approximate surface area is 353 Å². The van der Waals surface area contributed by atoms with Gasteiger partial charge in [0, 0.05) is 0 Å². The average molecular weight is 827 g/mol. The van der Waals surface area contributed by atoms with Crippen molar-refractivity contribution in [1.82, 2.24) is 0 Å². The Kier molecular flexibility index (Phi) is 14.9. The Hall–Kier alpha value is -2.64. The zero-order chi connectivity index (χ0) is 37.0. The molecule has 0 fully saturated rings. The summed E-state index contributed by atoms with van der Waals surface area (Å²) in [5.41, 5.74) is 13.6. The SMILES string of the molecule is COc1c(C(C)(C)C)cc2[cH-]c(C)cc2c1-c1ccccc1.Cc1cc2c(-c3cc(C(C)(C)C)cc(C(C)(C)C)c3)cc(C(C)(C)C)cc2[cH-]1.[Cl-].[Cl-].[Zr+4]. The molecule has 0 aliphatic heterocycles. The van der Waals surface area contributed by atoms with E-state index in [2.05, 4.69) is 188 Å². The van der Waals surface area contributed by atoms with Crippen molar-refractivity contribution in [1.29, 1.82) is 0 Å². The van der Waals surface area contributed by atoms with Crippen molar-refractivity contribution in [2.45, 2.75) is 119 Å². The molecule has 0 aromatic heterocycles. The molecule has 0 heterocycles. The molecule has 6 aromatic rings. The molecule has 53 heavy (non-hydrogen) atoms. The molecule has 280 valence electrons. The topological polar surface area (TPSA) is 9.23 Å². The first-order valence-electron chi connectivity index (χ1n) is 18.3. The maximum atomic E-state index is 5.87. The third-order valence-electron chi connectivity index (χ3n) is 9.99. The first-order valence-corrected chi connectivity index (χ1v) is 18.3. The zero-order valence-electron chi connectivity index (χ0n) is 34.8. The molecular weight excluding hydrogens is 767 g/mol. The fourth-order valence-corrected chi connectivity index (χ4v) is 6.94. The molecular formula is C49H60Cl2OZr. The van der Waals surface area contributed by atoms with E-state index in [1.165, 1.54) is 77.2 Å². The fraction of sp³-hybridized carbons (Fsp3) is 0.388. The zero-order valence-corrected chi connectivity index (χ0v) is 38.8. The van der Waals surface area contributed by atoms with Crippen molar-refractivity contribution >= 4 is 21.5 Å². The van der Waals surface area contributed by atoms with Crippen LogP contribution in [-0.4, -0.2) is 7.11 Å². The van der Waals surface area contributed by atoms with Crippen molar-refractivity contribution in [3.63, 3.8) is 0 Å². The van der Waals surface area contributed by atoms with E-state index < -0.39 is 0 Å². The minimum absolute atomic E-state index is 0. The van der Waals surface area contributed by atoms with Gasteiger partial charge in [-0.2, -0.15) is 12.1 Å². The van der Waals surface area contributed by atoms with Gasteiger partial charge in [-0.25, -0.2) is 0 Å². The molecule has 6 rings (SSSR count). The molecule has 0 spiro atoms.